The Kier molecular flexibility index (Phi) is 1.50. The van der Waals surface area contributed by atoms with Gasteiger partial charge >= 0.3 is 0 Å². The SMILES string of the molecule is O=C1C=CC2=CC=CC(F)C2=N1. The average Bonchev–Trinajstić information content (AvgIpc) is 2.07. The zero-order valence-electron chi connectivity index (χ0n) is 6.20. The largest absolute Gasteiger partial charge is 0.270 e. The van der Waals surface area contributed by atoms with Crippen LogP contribution in [-0.4, -0.2) is 17.8 Å². The van der Waals surface area contributed by atoms with E-state index >= 15 is 0 Å². The molecule has 1 amide bonds. The van der Waals surface area contributed by atoms with E-state index in [1.165, 1.54) is 12.2 Å². The number of aliphatic imine (C=N–C) groups is 1. The average molecular weight is 163 g/mol. The number of alkyl halides is 1. The lowest BCUT2D eigenvalue weighted by Gasteiger charge is -2.14. The summed E-state index contributed by atoms with van der Waals surface area (Å²) in [4.78, 5) is 14.4. The fraction of sp³-hybridized carbons (Fsp3) is 0.111. The molecule has 0 saturated heterocycles. The van der Waals surface area contributed by atoms with Gasteiger partial charge in [-0.05, 0) is 17.7 Å². The molecule has 1 atom stereocenters. The van der Waals surface area contributed by atoms with Crippen molar-refractivity contribution in [3.63, 3.8) is 0 Å². The smallest absolute Gasteiger partial charge is 0.267 e. The number of hydrogen-bond acceptors (Lipinski definition) is 1. The summed E-state index contributed by atoms with van der Waals surface area (Å²) < 4.78 is 13.0. The van der Waals surface area contributed by atoms with Gasteiger partial charge in [0.25, 0.3) is 5.91 Å². The summed E-state index contributed by atoms with van der Waals surface area (Å²) in [5.41, 5.74) is 0.912. The van der Waals surface area contributed by atoms with Crippen LogP contribution in [0, 0.1) is 0 Å². The van der Waals surface area contributed by atoms with Crippen LogP contribution >= 0.6 is 0 Å². The van der Waals surface area contributed by atoms with E-state index in [0.29, 0.717) is 5.57 Å². The van der Waals surface area contributed by atoms with Crippen LogP contribution in [0.15, 0.2) is 40.9 Å². The van der Waals surface area contributed by atoms with Crippen LogP contribution in [-0.2, 0) is 4.79 Å². The van der Waals surface area contributed by atoms with E-state index in [9.17, 15) is 9.18 Å². The number of amides is 1. The van der Waals surface area contributed by atoms with Crippen LogP contribution in [0.5, 0.6) is 0 Å². The lowest BCUT2D eigenvalue weighted by molar-refractivity contribution is -0.113. The quantitative estimate of drug-likeness (QED) is 0.530. The van der Waals surface area contributed by atoms with Gasteiger partial charge in [0.15, 0.2) is 6.17 Å². The molecular weight excluding hydrogens is 157 g/mol. The molecular formula is C9H6FNO. The minimum absolute atomic E-state index is 0.227. The molecule has 0 radical (unpaired) electrons. The van der Waals surface area contributed by atoms with Gasteiger partial charge in [-0.2, -0.15) is 0 Å². The maximum absolute atomic E-state index is 13.0. The van der Waals surface area contributed by atoms with Crippen LogP contribution in [0.1, 0.15) is 0 Å². The topological polar surface area (TPSA) is 29.4 Å². The number of fused-ring (bicyclic) bond motifs is 1. The van der Waals surface area contributed by atoms with Gasteiger partial charge in [-0.1, -0.05) is 12.2 Å². The molecule has 0 aromatic rings. The molecule has 2 rings (SSSR count). The van der Waals surface area contributed by atoms with Gasteiger partial charge < -0.3 is 0 Å². The van der Waals surface area contributed by atoms with Crippen molar-refractivity contribution in [3.05, 3.63) is 36.0 Å². The first-order chi connectivity index (χ1) is 5.77. The first-order valence-corrected chi connectivity index (χ1v) is 3.61. The molecule has 60 valence electrons. The summed E-state index contributed by atoms with van der Waals surface area (Å²) in [6, 6.07) is 0. The Morgan fingerprint density at radius 3 is 3.08 bits per heavy atom. The first-order valence-electron chi connectivity index (χ1n) is 3.61. The lowest BCUT2D eigenvalue weighted by Crippen LogP contribution is -2.21. The zero-order chi connectivity index (χ0) is 8.55. The number of dihydropyridines is 1. The predicted molar refractivity (Wildman–Crippen MR) is 43.7 cm³/mol. The molecule has 1 unspecified atom stereocenters. The Balaban J connectivity index is 2.46. The standard InChI is InChI=1S/C9H6FNO/c10-7-3-1-2-6-4-5-8(12)11-9(6)7/h1-5,7H. The van der Waals surface area contributed by atoms with Crippen molar-refractivity contribution in [2.75, 3.05) is 0 Å². The normalized spacial score (nSPS) is 26.4. The minimum Gasteiger partial charge on any atom is -0.267 e. The Labute approximate surface area is 68.8 Å². The highest BCUT2D eigenvalue weighted by Crippen LogP contribution is 2.17. The summed E-state index contributed by atoms with van der Waals surface area (Å²) in [6.07, 6.45) is 6.41. The summed E-state index contributed by atoms with van der Waals surface area (Å²) in [6.45, 7) is 0. The van der Waals surface area contributed by atoms with Crippen molar-refractivity contribution >= 4 is 11.6 Å². The number of rotatable bonds is 0. The number of carbonyl (C=O) groups excluding carboxylic acids is 1. The van der Waals surface area contributed by atoms with Gasteiger partial charge in [0.2, 0.25) is 0 Å². The highest BCUT2D eigenvalue weighted by Gasteiger charge is 2.20. The summed E-state index contributed by atoms with van der Waals surface area (Å²) >= 11 is 0. The zero-order valence-corrected chi connectivity index (χ0v) is 6.20. The summed E-state index contributed by atoms with van der Waals surface area (Å²) in [5, 5.41) is 0. The molecule has 0 N–H and O–H groups in total. The Hall–Kier alpha value is -1.51. The van der Waals surface area contributed by atoms with E-state index in [2.05, 4.69) is 4.99 Å². The van der Waals surface area contributed by atoms with Gasteiger partial charge in [0, 0.05) is 6.08 Å². The fourth-order valence-corrected chi connectivity index (χ4v) is 1.18. The third-order valence-corrected chi connectivity index (χ3v) is 1.75. The van der Waals surface area contributed by atoms with Gasteiger partial charge in [0.1, 0.15) is 0 Å². The van der Waals surface area contributed by atoms with E-state index in [-0.39, 0.29) is 11.6 Å². The van der Waals surface area contributed by atoms with E-state index in [1.807, 2.05) is 0 Å². The van der Waals surface area contributed by atoms with Crippen molar-refractivity contribution in [1.29, 1.82) is 0 Å². The molecule has 3 heteroatoms. The van der Waals surface area contributed by atoms with Crippen LogP contribution < -0.4 is 0 Å². The van der Waals surface area contributed by atoms with E-state index in [0.717, 1.165) is 0 Å². The monoisotopic (exact) mass is 163 g/mol. The number of halogens is 1. The predicted octanol–water partition coefficient (Wildman–Crippen LogP) is 1.36. The molecule has 0 aromatic carbocycles. The molecule has 0 saturated carbocycles. The maximum Gasteiger partial charge on any atom is 0.270 e. The third kappa shape index (κ3) is 1.03. The molecule has 1 aliphatic carbocycles. The van der Waals surface area contributed by atoms with Crippen molar-refractivity contribution in [3.8, 4) is 0 Å². The molecule has 1 aliphatic heterocycles. The third-order valence-electron chi connectivity index (χ3n) is 1.75. The van der Waals surface area contributed by atoms with Crippen LogP contribution in [0.4, 0.5) is 4.39 Å². The minimum atomic E-state index is -1.24. The Morgan fingerprint density at radius 2 is 2.25 bits per heavy atom. The van der Waals surface area contributed by atoms with Crippen molar-refractivity contribution in [2.45, 2.75) is 6.17 Å². The number of hydrogen-bond donors (Lipinski definition) is 0. The van der Waals surface area contributed by atoms with Gasteiger partial charge in [-0.25, -0.2) is 9.38 Å². The molecule has 12 heavy (non-hydrogen) atoms. The first kappa shape index (κ1) is 7.16. The van der Waals surface area contributed by atoms with E-state index < -0.39 is 6.17 Å². The molecule has 0 aromatic heterocycles. The number of carbonyl (C=O) groups is 1. The van der Waals surface area contributed by atoms with Crippen LogP contribution in [0.3, 0.4) is 0 Å². The lowest BCUT2D eigenvalue weighted by atomic mass is 9.99. The Bertz CT molecular complexity index is 350. The van der Waals surface area contributed by atoms with E-state index in [4.69, 9.17) is 0 Å². The van der Waals surface area contributed by atoms with Crippen LogP contribution in [0.25, 0.3) is 0 Å². The van der Waals surface area contributed by atoms with Gasteiger partial charge in [0.05, 0.1) is 5.71 Å². The van der Waals surface area contributed by atoms with E-state index in [1.54, 1.807) is 18.2 Å². The molecule has 0 fully saturated rings. The van der Waals surface area contributed by atoms with Gasteiger partial charge in [-0.15, -0.1) is 0 Å². The molecule has 2 aliphatic rings. The number of nitrogens with zero attached hydrogens (tertiary/aromatic N) is 1. The highest BCUT2D eigenvalue weighted by molar-refractivity contribution is 6.16. The summed E-state index contributed by atoms with van der Waals surface area (Å²) in [7, 11) is 0. The number of allylic oxidation sites excluding steroid dienone is 5. The second-order valence-electron chi connectivity index (χ2n) is 2.58. The molecule has 0 spiro atoms. The Morgan fingerprint density at radius 1 is 1.42 bits per heavy atom. The second-order valence-corrected chi connectivity index (χ2v) is 2.58. The fourth-order valence-electron chi connectivity index (χ4n) is 1.18. The molecule has 0 bridgehead atoms. The molecule has 2 nitrogen and oxygen atoms in total. The maximum atomic E-state index is 13.0. The van der Waals surface area contributed by atoms with Crippen molar-refractivity contribution in [1.82, 2.24) is 0 Å². The molecule has 1 heterocycles. The van der Waals surface area contributed by atoms with Crippen molar-refractivity contribution in [2.24, 2.45) is 4.99 Å². The summed E-state index contributed by atoms with van der Waals surface area (Å²) in [5.74, 6) is -0.389. The van der Waals surface area contributed by atoms with Gasteiger partial charge in [-0.3, -0.25) is 4.79 Å². The van der Waals surface area contributed by atoms with Crippen molar-refractivity contribution < 1.29 is 9.18 Å². The van der Waals surface area contributed by atoms with Crippen LogP contribution in [0.2, 0.25) is 0 Å². The second kappa shape index (κ2) is 2.52. The highest BCUT2D eigenvalue weighted by atomic mass is 19.1.